The van der Waals surface area contributed by atoms with E-state index in [-0.39, 0.29) is 22.0 Å². The van der Waals surface area contributed by atoms with E-state index in [4.69, 9.17) is 27.2 Å². The summed E-state index contributed by atoms with van der Waals surface area (Å²) in [7, 11) is 0. The lowest BCUT2D eigenvalue weighted by Gasteiger charge is -2.13. The average Bonchev–Trinajstić information content (AvgIpc) is 2.34. The monoisotopic (exact) mass is 295 g/mol. The van der Waals surface area contributed by atoms with Gasteiger partial charge in [0.05, 0.1) is 5.02 Å². The molecule has 104 valence electrons. The van der Waals surface area contributed by atoms with Crippen LogP contribution in [0.1, 0.15) is 15.9 Å². The maximum Gasteiger partial charge on any atom is 0.339 e. The van der Waals surface area contributed by atoms with Gasteiger partial charge in [0.2, 0.25) is 0 Å². The highest BCUT2D eigenvalue weighted by Gasteiger charge is 2.18. The molecule has 4 nitrogen and oxygen atoms in total. The number of anilines is 1. The van der Waals surface area contributed by atoms with Gasteiger partial charge in [0, 0.05) is 5.69 Å². The fourth-order valence-corrected chi connectivity index (χ4v) is 1.98. The number of halogens is 2. The standard InChI is InChI=1S/C14H11ClFNO3/c1-7-4-8(16)2-3-12(7)20-13-10(14(18)19)5-9(17)6-11(13)15/h2-6H,17H2,1H3,(H,18,19). The third-order valence-corrected chi connectivity index (χ3v) is 2.93. The summed E-state index contributed by atoms with van der Waals surface area (Å²) in [5, 5.41) is 9.23. The minimum Gasteiger partial charge on any atom is -0.478 e. The van der Waals surface area contributed by atoms with Crippen LogP contribution < -0.4 is 10.5 Å². The van der Waals surface area contributed by atoms with Gasteiger partial charge in [-0.25, -0.2) is 9.18 Å². The third-order valence-electron chi connectivity index (χ3n) is 2.65. The van der Waals surface area contributed by atoms with Gasteiger partial charge in [-0.1, -0.05) is 11.6 Å². The van der Waals surface area contributed by atoms with Crippen molar-refractivity contribution in [3.63, 3.8) is 0 Å². The Balaban J connectivity index is 2.50. The van der Waals surface area contributed by atoms with Crippen molar-refractivity contribution in [3.8, 4) is 11.5 Å². The zero-order valence-corrected chi connectivity index (χ0v) is 11.2. The van der Waals surface area contributed by atoms with Crippen LogP contribution >= 0.6 is 11.6 Å². The molecule has 0 aliphatic rings. The maximum absolute atomic E-state index is 13.0. The van der Waals surface area contributed by atoms with E-state index in [0.29, 0.717) is 11.3 Å². The molecule has 3 N–H and O–H groups in total. The molecule has 0 spiro atoms. The predicted octanol–water partition coefficient (Wildman–Crippen LogP) is 3.86. The Hall–Kier alpha value is -2.27. The van der Waals surface area contributed by atoms with Crippen molar-refractivity contribution >= 4 is 23.3 Å². The molecule has 0 heterocycles. The first kappa shape index (κ1) is 14.1. The molecule has 0 amide bonds. The molecule has 0 aromatic heterocycles. The van der Waals surface area contributed by atoms with Crippen molar-refractivity contribution in [1.82, 2.24) is 0 Å². The molecule has 2 aromatic rings. The molecule has 2 rings (SSSR count). The topological polar surface area (TPSA) is 72.5 Å². The van der Waals surface area contributed by atoms with Gasteiger partial charge in [0.1, 0.15) is 17.1 Å². The third kappa shape index (κ3) is 2.83. The van der Waals surface area contributed by atoms with Crippen LogP contribution in [-0.4, -0.2) is 11.1 Å². The van der Waals surface area contributed by atoms with Crippen LogP contribution in [0.5, 0.6) is 11.5 Å². The number of nitrogens with two attached hydrogens (primary N) is 1. The van der Waals surface area contributed by atoms with E-state index >= 15 is 0 Å². The second kappa shape index (κ2) is 5.38. The second-order valence-electron chi connectivity index (χ2n) is 4.20. The van der Waals surface area contributed by atoms with E-state index in [0.717, 1.165) is 0 Å². The number of nitrogen functional groups attached to an aromatic ring is 1. The Labute approximate surface area is 119 Å². The SMILES string of the molecule is Cc1cc(F)ccc1Oc1c(Cl)cc(N)cc1C(=O)O. The van der Waals surface area contributed by atoms with Crippen molar-refractivity contribution in [2.45, 2.75) is 6.92 Å². The van der Waals surface area contributed by atoms with E-state index in [1.165, 1.54) is 30.3 Å². The summed E-state index contributed by atoms with van der Waals surface area (Å²) in [5.74, 6) is -1.32. The van der Waals surface area contributed by atoms with Crippen LogP contribution in [0.15, 0.2) is 30.3 Å². The van der Waals surface area contributed by atoms with E-state index < -0.39 is 11.8 Å². The number of ether oxygens (including phenoxy) is 1. The van der Waals surface area contributed by atoms with E-state index in [9.17, 15) is 9.18 Å². The highest BCUT2D eigenvalue weighted by atomic mass is 35.5. The highest BCUT2D eigenvalue weighted by Crippen LogP contribution is 2.36. The first-order valence-corrected chi connectivity index (χ1v) is 6.02. The molecule has 0 aliphatic carbocycles. The lowest BCUT2D eigenvalue weighted by atomic mass is 10.1. The fourth-order valence-electron chi connectivity index (χ4n) is 1.71. The van der Waals surface area contributed by atoms with Gasteiger partial charge in [-0.05, 0) is 42.8 Å². The molecule has 0 bridgehead atoms. The molecule has 20 heavy (non-hydrogen) atoms. The largest absolute Gasteiger partial charge is 0.478 e. The van der Waals surface area contributed by atoms with Gasteiger partial charge < -0.3 is 15.6 Å². The molecule has 0 saturated heterocycles. The van der Waals surface area contributed by atoms with E-state index in [2.05, 4.69) is 0 Å². The number of hydrogen-bond donors (Lipinski definition) is 2. The van der Waals surface area contributed by atoms with Gasteiger partial charge in [0.15, 0.2) is 5.75 Å². The highest BCUT2D eigenvalue weighted by molar-refractivity contribution is 6.33. The summed E-state index contributed by atoms with van der Waals surface area (Å²) in [6.07, 6.45) is 0. The van der Waals surface area contributed by atoms with Crippen LogP contribution in [-0.2, 0) is 0 Å². The van der Waals surface area contributed by atoms with E-state index in [1.54, 1.807) is 6.92 Å². The van der Waals surface area contributed by atoms with Crippen molar-refractivity contribution in [2.24, 2.45) is 0 Å². The van der Waals surface area contributed by atoms with E-state index in [1.807, 2.05) is 0 Å². The van der Waals surface area contributed by atoms with Crippen molar-refractivity contribution in [2.75, 3.05) is 5.73 Å². The summed E-state index contributed by atoms with van der Waals surface area (Å²) in [6, 6.07) is 6.54. The van der Waals surface area contributed by atoms with Gasteiger partial charge >= 0.3 is 5.97 Å². The van der Waals surface area contributed by atoms with Gasteiger partial charge in [-0.15, -0.1) is 0 Å². The Kier molecular flexibility index (Phi) is 3.81. The molecule has 0 fully saturated rings. The summed E-state index contributed by atoms with van der Waals surface area (Å²) >= 11 is 5.97. The zero-order chi connectivity index (χ0) is 14.9. The van der Waals surface area contributed by atoms with Crippen LogP contribution in [0, 0.1) is 12.7 Å². The molecule has 0 radical (unpaired) electrons. The number of aryl methyl sites for hydroxylation is 1. The minimum absolute atomic E-state index is 0.0249. The number of hydrogen-bond acceptors (Lipinski definition) is 3. The van der Waals surface area contributed by atoms with Crippen molar-refractivity contribution in [1.29, 1.82) is 0 Å². The predicted molar refractivity (Wildman–Crippen MR) is 74.0 cm³/mol. The number of benzene rings is 2. The molecular formula is C14H11ClFNO3. The summed E-state index contributed by atoms with van der Waals surface area (Å²) in [5.41, 5.74) is 6.14. The fraction of sp³-hybridized carbons (Fsp3) is 0.0714. The zero-order valence-electron chi connectivity index (χ0n) is 10.5. The molecular weight excluding hydrogens is 285 g/mol. The lowest BCUT2D eigenvalue weighted by Crippen LogP contribution is -2.03. The van der Waals surface area contributed by atoms with Crippen LogP contribution in [0.3, 0.4) is 0 Å². The molecule has 0 aliphatic heterocycles. The smallest absolute Gasteiger partial charge is 0.339 e. The van der Waals surface area contributed by atoms with Crippen LogP contribution in [0.2, 0.25) is 5.02 Å². The van der Waals surface area contributed by atoms with Crippen molar-refractivity contribution in [3.05, 3.63) is 52.3 Å². The molecule has 0 saturated carbocycles. The lowest BCUT2D eigenvalue weighted by molar-refractivity contribution is 0.0694. The first-order chi connectivity index (χ1) is 9.38. The maximum atomic E-state index is 13.0. The molecule has 2 aromatic carbocycles. The number of carboxylic acids is 1. The average molecular weight is 296 g/mol. The Morgan fingerprint density at radius 1 is 1.35 bits per heavy atom. The summed E-state index contributed by atoms with van der Waals surface area (Å²) in [6.45, 7) is 1.64. The second-order valence-corrected chi connectivity index (χ2v) is 4.60. The Morgan fingerprint density at radius 2 is 2.05 bits per heavy atom. The minimum atomic E-state index is -1.21. The molecule has 0 unspecified atom stereocenters. The van der Waals surface area contributed by atoms with Crippen LogP contribution in [0.4, 0.5) is 10.1 Å². The quantitative estimate of drug-likeness (QED) is 0.843. The van der Waals surface area contributed by atoms with Gasteiger partial charge in [-0.2, -0.15) is 0 Å². The number of carbonyl (C=O) groups is 1. The number of rotatable bonds is 3. The van der Waals surface area contributed by atoms with Crippen molar-refractivity contribution < 1.29 is 19.0 Å². The summed E-state index contributed by atoms with van der Waals surface area (Å²) in [4.78, 5) is 11.2. The molecule has 0 atom stereocenters. The Morgan fingerprint density at radius 3 is 2.65 bits per heavy atom. The Bertz CT molecular complexity index is 688. The van der Waals surface area contributed by atoms with Crippen LogP contribution in [0.25, 0.3) is 0 Å². The first-order valence-electron chi connectivity index (χ1n) is 5.65. The normalized spacial score (nSPS) is 10.3. The molecule has 6 heteroatoms. The van der Waals surface area contributed by atoms with Gasteiger partial charge in [-0.3, -0.25) is 0 Å². The summed E-state index contributed by atoms with van der Waals surface area (Å²) < 4.78 is 18.5. The van der Waals surface area contributed by atoms with Gasteiger partial charge in [0.25, 0.3) is 0 Å². The number of aromatic carboxylic acids is 1. The number of carboxylic acid groups (broad SMARTS) is 1.